The number of anilines is 1. The van der Waals surface area contributed by atoms with E-state index in [4.69, 9.17) is 15.2 Å². The number of hydrogen-bond acceptors (Lipinski definition) is 8. The van der Waals surface area contributed by atoms with Crippen molar-refractivity contribution in [1.82, 2.24) is 24.5 Å². The number of nitrogens with zero attached hydrogens (tertiary/aromatic N) is 5. The first-order valence-electron chi connectivity index (χ1n) is 9.16. The van der Waals surface area contributed by atoms with Gasteiger partial charge in [-0.25, -0.2) is 8.96 Å². The van der Waals surface area contributed by atoms with Gasteiger partial charge >= 0.3 is 12.0 Å². The van der Waals surface area contributed by atoms with E-state index in [-0.39, 0.29) is 23.7 Å². The Balaban J connectivity index is 1.77. The molecule has 0 aliphatic carbocycles. The van der Waals surface area contributed by atoms with E-state index in [1.165, 1.54) is 26.4 Å². The van der Waals surface area contributed by atoms with Crippen molar-refractivity contribution in [2.75, 3.05) is 19.5 Å². The fourth-order valence-electron chi connectivity index (χ4n) is 3.08. The number of nitrogens with one attached hydrogen (secondary N) is 1. The molecule has 154 valence electrons. The second-order valence-corrected chi connectivity index (χ2v) is 6.35. The van der Waals surface area contributed by atoms with Crippen molar-refractivity contribution in [3.05, 3.63) is 59.4 Å². The average molecular weight is 409 g/mol. The number of hydrogen-bond donors (Lipinski definition) is 2. The molecule has 0 fully saturated rings. The SMILES string of the molecule is COc1nc(NCc2cccc(F)c2)nc(-n2c(OC)nc3c(CN)cccc32)n1. The van der Waals surface area contributed by atoms with Crippen LogP contribution in [0.3, 0.4) is 0 Å². The minimum atomic E-state index is -0.312. The van der Waals surface area contributed by atoms with Crippen LogP contribution >= 0.6 is 0 Å². The van der Waals surface area contributed by atoms with E-state index in [0.29, 0.717) is 24.6 Å². The zero-order chi connectivity index (χ0) is 21.1. The molecule has 4 aromatic rings. The highest BCUT2D eigenvalue weighted by Gasteiger charge is 2.19. The zero-order valence-electron chi connectivity index (χ0n) is 16.5. The topological polar surface area (TPSA) is 113 Å². The van der Waals surface area contributed by atoms with Gasteiger partial charge < -0.3 is 20.5 Å². The standard InChI is InChI=1S/C20H20FN7O2/c1-29-19-26-17(23-11-12-5-3-7-14(21)9-12)25-18(27-19)28-15-8-4-6-13(10-22)16(15)24-20(28)30-2/h3-9H,10-11,22H2,1-2H3,(H,23,25,26,27). The highest BCUT2D eigenvalue weighted by Crippen LogP contribution is 2.27. The molecule has 2 aromatic carbocycles. The average Bonchev–Trinajstić information content (AvgIpc) is 3.16. The lowest BCUT2D eigenvalue weighted by Crippen LogP contribution is -2.11. The third-order valence-corrected chi connectivity index (χ3v) is 4.47. The van der Waals surface area contributed by atoms with Crippen molar-refractivity contribution >= 4 is 17.0 Å². The van der Waals surface area contributed by atoms with Gasteiger partial charge in [0, 0.05) is 13.1 Å². The molecule has 0 radical (unpaired) electrons. The van der Waals surface area contributed by atoms with E-state index in [2.05, 4.69) is 25.3 Å². The molecule has 9 nitrogen and oxygen atoms in total. The van der Waals surface area contributed by atoms with Crippen molar-refractivity contribution < 1.29 is 13.9 Å². The van der Waals surface area contributed by atoms with Crippen LogP contribution in [0.4, 0.5) is 10.3 Å². The number of imidazole rings is 1. The number of rotatable bonds is 7. The quantitative estimate of drug-likeness (QED) is 0.479. The first-order chi connectivity index (χ1) is 14.6. The van der Waals surface area contributed by atoms with Gasteiger partial charge in [0.15, 0.2) is 0 Å². The molecule has 2 aromatic heterocycles. The van der Waals surface area contributed by atoms with Gasteiger partial charge in [0.25, 0.3) is 0 Å². The summed E-state index contributed by atoms with van der Waals surface area (Å²) in [5.41, 5.74) is 8.89. The van der Waals surface area contributed by atoms with Gasteiger partial charge in [-0.05, 0) is 29.3 Å². The summed E-state index contributed by atoms with van der Waals surface area (Å²) in [6.07, 6.45) is 0. The Morgan fingerprint density at radius 3 is 2.60 bits per heavy atom. The summed E-state index contributed by atoms with van der Waals surface area (Å²) in [6.45, 7) is 0.655. The normalized spacial score (nSPS) is 10.9. The molecule has 0 aliphatic rings. The molecule has 4 rings (SSSR count). The summed E-state index contributed by atoms with van der Waals surface area (Å²) < 4.78 is 25.8. The molecule has 0 bridgehead atoms. The maximum atomic E-state index is 13.4. The minimum Gasteiger partial charge on any atom is -0.468 e. The number of aromatic nitrogens is 5. The van der Waals surface area contributed by atoms with E-state index in [1.54, 1.807) is 16.7 Å². The van der Waals surface area contributed by atoms with Gasteiger partial charge in [-0.3, -0.25) is 0 Å². The van der Waals surface area contributed by atoms with E-state index in [1.807, 2.05) is 18.2 Å². The van der Waals surface area contributed by atoms with Crippen LogP contribution in [0.1, 0.15) is 11.1 Å². The second kappa shape index (κ2) is 8.29. The Morgan fingerprint density at radius 1 is 1.03 bits per heavy atom. The van der Waals surface area contributed by atoms with Crippen molar-refractivity contribution in [3.8, 4) is 18.0 Å². The fraction of sp³-hybridized carbons (Fsp3) is 0.200. The number of nitrogens with two attached hydrogens (primary N) is 1. The van der Waals surface area contributed by atoms with Crippen molar-refractivity contribution in [1.29, 1.82) is 0 Å². The number of para-hydroxylation sites is 1. The van der Waals surface area contributed by atoms with Gasteiger partial charge in [-0.1, -0.05) is 24.3 Å². The Labute approximate surface area is 171 Å². The maximum absolute atomic E-state index is 13.4. The minimum absolute atomic E-state index is 0.112. The van der Waals surface area contributed by atoms with Crippen LogP contribution in [-0.2, 0) is 13.1 Å². The lowest BCUT2D eigenvalue weighted by Gasteiger charge is -2.10. The smallest absolute Gasteiger partial charge is 0.322 e. The van der Waals surface area contributed by atoms with Crippen LogP contribution in [-0.4, -0.2) is 38.7 Å². The van der Waals surface area contributed by atoms with Crippen LogP contribution in [0, 0.1) is 5.82 Å². The van der Waals surface area contributed by atoms with Crippen molar-refractivity contribution in [3.63, 3.8) is 0 Å². The van der Waals surface area contributed by atoms with Gasteiger partial charge in [0.05, 0.1) is 25.3 Å². The largest absolute Gasteiger partial charge is 0.468 e. The summed E-state index contributed by atoms with van der Waals surface area (Å²) in [5.74, 6) is 0.214. The molecule has 0 aliphatic heterocycles. The summed E-state index contributed by atoms with van der Waals surface area (Å²) in [7, 11) is 2.98. The summed E-state index contributed by atoms with van der Waals surface area (Å²) in [4.78, 5) is 17.6. The van der Waals surface area contributed by atoms with Gasteiger partial charge in [0.1, 0.15) is 5.82 Å². The molecular weight excluding hydrogens is 389 g/mol. The molecule has 2 heterocycles. The number of benzene rings is 2. The third kappa shape index (κ3) is 3.72. The highest BCUT2D eigenvalue weighted by atomic mass is 19.1. The first-order valence-corrected chi connectivity index (χ1v) is 9.16. The molecule has 0 saturated carbocycles. The van der Waals surface area contributed by atoms with E-state index < -0.39 is 0 Å². The summed E-state index contributed by atoms with van der Waals surface area (Å²) in [5, 5.41) is 3.07. The first kappa shape index (κ1) is 19.5. The Morgan fingerprint density at radius 2 is 1.87 bits per heavy atom. The molecule has 0 saturated heterocycles. The molecule has 0 amide bonds. The van der Waals surface area contributed by atoms with Crippen molar-refractivity contribution in [2.24, 2.45) is 5.73 Å². The van der Waals surface area contributed by atoms with Gasteiger partial charge in [0.2, 0.25) is 11.9 Å². The third-order valence-electron chi connectivity index (χ3n) is 4.47. The van der Waals surface area contributed by atoms with E-state index in [0.717, 1.165) is 16.6 Å². The molecule has 3 N–H and O–H groups in total. The second-order valence-electron chi connectivity index (χ2n) is 6.35. The Hall–Kier alpha value is -3.79. The number of methoxy groups -OCH3 is 2. The molecule has 10 heteroatoms. The van der Waals surface area contributed by atoms with Gasteiger partial charge in [-0.15, -0.1) is 0 Å². The predicted molar refractivity (Wildman–Crippen MR) is 109 cm³/mol. The lowest BCUT2D eigenvalue weighted by atomic mass is 10.2. The fourth-order valence-corrected chi connectivity index (χ4v) is 3.08. The van der Waals surface area contributed by atoms with Crippen LogP contribution < -0.4 is 20.5 Å². The molecule has 0 spiro atoms. The summed E-state index contributed by atoms with van der Waals surface area (Å²) in [6, 6.07) is 12.3. The number of halogens is 1. The number of fused-ring (bicyclic) bond motifs is 1. The molecular formula is C20H20FN7O2. The van der Waals surface area contributed by atoms with Crippen molar-refractivity contribution in [2.45, 2.75) is 13.1 Å². The lowest BCUT2D eigenvalue weighted by molar-refractivity contribution is 0.366. The van der Waals surface area contributed by atoms with Crippen LogP contribution in [0.25, 0.3) is 17.0 Å². The molecule has 0 unspecified atom stereocenters. The Bertz CT molecular complexity index is 1200. The molecule has 0 atom stereocenters. The van der Waals surface area contributed by atoms with Crippen LogP contribution in [0.2, 0.25) is 0 Å². The maximum Gasteiger partial charge on any atom is 0.322 e. The van der Waals surface area contributed by atoms with Gasteiger partial charge in [-0.2, -0.15) is 19.9 Å². The Kier molecular flexibility index (Phi) is 5.40. The van der Waals surface area contributed by atoms with E-state index in [9.17, 15) is 4.39 Å². The molecule has 30 heavy (non-hydrogen) atoms. The van der Waals surface area contributed by atoms with Crippen LogP contribution in [0.5, 0.6) is 12.0 Å². The summed E-state index contributed by atoms with van der Waals surface area (Å²) >= 11 is 0. The highest BCUT2D eigenvalue weighted by molar-refractivity contribution is 5.82. The van der Waals surface area contributed by atoms with Crippen LogP contribution in [0.15, 0.2) is 42.5 Å². The zero-order valence-corrected chi connectivity index (χ0v) is 16.5. The number of ether oxygens (including phenoxy) is 2. The predicted octanol–water partition coefficient (Wildman–Crippen LogP) is 2.44. The van der Waals surface area contributed by atoms with E-state index >= 15 is 0 Å². The monoisotopic (exact) mass is 409 g/mol.